The molecule has 0 radical (unpaired) electrons. The molecular formula is C22H19ClF3N3O3S. The molecule has 0 aromatic heterocycles. The van der Waals surface area contributed by atoms with Gasteiger partial charge in [0.25, 0.3) is 5.91 Å². The van der Waals surface area contributed by atoms with Crippen LogP contribution in [0.2, 0.25) is 5.02 Å². The van der Waals surface area contributed by atoms with E-state index in [1.807, 2.05) is 0 Å². The van der Waals surface area contributed by atoms with Crippen LogP contribution in [0.3, 0.4) is 0 Å². The Morgan fingerprint density at radius 2 is 1.88 bits per heavy atom. The highest BCUT2D eigenvalue weighted by molar-refractivity contribution is 8.26. The number of amidine groups is 1. The number of hydrogen-bond acceptors (Lipinski definition) is 6. The first kappa shape index (κ1) is 24.8. The summed E-state index contributed by atoms with van der Waals surface area (Å²) in [5.74, 6) is -0.534. The van der Waals surface area contributed by atoms with E-state index >= 15 is 0 Å². The Kier molecular flexibility index (Phi) is 7.80. The quantitative estimate of drug-likeness (QED) is 0.301. The van der Waals surface area contributed by atoms with E-state index < -0.39 is 34.9 Å². The molecule has 1 saturated carbocycles. The standard InChI is InChI=1S/C22H19ClF3N3O3S/c23-18-4-2-1-3-16(18)20(31)29(12-13-5-6-13)21(28)33-19(27)15-8-7-14(32-10-9-30)11-17(15)22(24,25)26/h1-4,7-9,11,13,27-28H,5-6,10,12H2. The Labute approximate surface area is 197 Å². The highest BCUT2D eigenvalue weighted by atomic mass is 35.5. The summed E-state index contributed by atoms with van der Waals surface area (Å²) in [5, 5.41) is 15.9. The van der Waals surface area contributed by atoms with Gasteiger partial charge in [0.15, 0.2) is 11.5 Å². The Morgan fingerprint density at radius 3 is 2.48 bits per heavy atom. The van der Waals surface area contributed by atoms with Gasteiger partial charge < -0.3 is 4.74 Å². The number of nitrogens with one attached hydrogen (secondary N) is 2. The zero-order chi connectivity index (χ0) is 24.2. The SMILES string of the molecule is N=C(SC(=N)N(CC1CC1)C(=O)c1ccccc1Cl)c1ccc(OCC=O)cc1C(F)(F)F. The first-order chi connectivity index (χ1) is 15.6. The van der Waals surface area contributed by atoms with Crippen LogP contribution in [0.4, 0.5) is 13.2 Å². The number of carbonyl (C=O) groups excluding carboxylic acids is 2. The van der Waals surface area contributed by atoms with Crippen LogP contribution in [0.15, 0.2) is 42.5 Å². The van der Waals surface area contributed by atoms with Crippen molar-refractivity contribution in [1.82, 2.24) is 4.90 Å². The predicted octanol–water partition coefficient (Wildman–Crippen LogP) is 5.48. The maximum atomic E-state index is 13.6. The van der Waals surface area contributed by atoms with Gasteiger partial charge in [-0.25, -0.2) is 0 Å². The molecule has 0 bridgehead atoms. The molecule has 0 heterocycles. The van der Waals surface area contributed by atoms with Crippen LogP contribution in [0.5, 0.6) is 5.75 Å². The number of aldehydes is 1. The van der Waals surface area contributed by atoms with Crippen LogP contribution in [0.1, 0.15) is 34.3 Å². The summed E-state index contributed by atoms with van der Waals surface area (Å²) < 4.78 is 45.8. The summed E-state index contributed by atoms with van der Waals surface area (Å²) in [7, 11) is 0. The lowest BCUT2D eigenvalue weighted by Crippen LogP contribution is -2.37. The van der Waals surface area contributed by atoms with Crippen molar-refractivity contribution in [3.8, 4) is 5.75 Å². The summed E-state index contributed by atoms with van der Waals surface area (Å²) in [6, 6.07) is 9.28. The minimum Gasteiger partial charge on any atom is -0.486 e. The third-order valence-electron chi connectivity index (χ3n) is 4.79. The fourth-order valence-corrected chi connectivity index (χ4v) is 3.94. The van der Waals surface area contributed by atoms with Crippen molar-refractivity contribution in [3.05, 3.63) is 64.2 Å². The fraction of sp³-hybridized carbons (Fsp3) is 0.273. The summed E-state index contributed by atoms with van der Waals surface area (Å²) >= 11 is 6.56. The van der Waals surface area contributed by atoms with E-state index in [4.69, 9.17) is 27.2 Å². The Balaban J connectivity index is 1.85. The molecule has 0 spiro atoms. The molecule has 2 aromatic rings. The van der Waals surface area contributed by atoms with Crippen LogP contribution >= 0.6 is 23.4 Å². The lowest BCUT2D eigenvalue weighted by molar-refractivity contribution is -0.137. The van der Waals surface area contributed by atoms with Crippen LogP contribution in [-0.4, -0.2) is 40.5 Å². The molecule has 1 fully saturated rings. The monoisotopic (exact) mass is 497 g/mol. The Hall–Kier alpha value is -2.85. The van der Waals surface area contributed by atoms with Crippen LogP contribution in [0, 0.1) is 16.7 Å². The number of benzene rings is 2. The number of rotatable bonds is 7. The number of thioether (sulfide) groups is 1. The van der Waals surface area contributed by atoms with Crippen molar-refractivity contribution in [1.29, 1.82) is 10.8 Å². The van der Waals surface area contributed by atoms with E-state index in [-0.39, 0.29) is 34.0 Å². The molecule has 0 saturated heterocycles. The molecule has 1 aliphatic carbocycles. The lowest BCUT2D eigenvalue weighted by atomic mass is 10.1. The van der Waals surface area contributed by atoms with Crippen LogP contribution in [0.25, 0.3) is 0 Å². The van der Waals surface area contributed by atoms with Gasteiger partial charge in [-0.15, -0.1) is 0 Å². The minimum absolute atomic E-state index is 0.171. The van der Waals surface area contributed by atoms with Crippen molar-refractivity contribution >= 4 is 45.8 Å². The highest BCUT2D eigenvalue weighted by Gasteiger charge is 2.36. The third kappa shape index (κ3) is 6.35. The molecule has 6 nitrogen and oxygen atoms in total. The van der Waals surface area contributed by atoms with E-state index in [0.717, 1.165) is 23.8 Å². The van der Waals surface area contributed by atoms with Gasteiger partial charge in [-0.2, -0.15) is 13.2 Å². The molecule has 33 heavy (non-hydrogen) atoms. The van der Waals surface area contributed by atoms with Gasteiger partial charge in [-0.1, -0.05) is 23.7 Å². The largest absolute Gasteiger partial charge is 0.486 e. The van der Waals surface area contributed by atoms with E-state index in [2.05, 4.69) is 0 Å². The van der Waals surface area contributed by atoms with Gasteiger partial charge in [0, 0.05) is 12.1 Å². The number of nitrogens with zero attached hydrogens (tertiary/aromatic N) is 1. The van der Waals surface area contributed by atoms with Gasteiger partial charge in [-0.05, 0) is 60.9 Å². The molecule has 11 heteroatoms. The molecule has 0 atom stereocenters. The van der Waals surface area contributed by atoms with Gasteiger partial charge in [0.2, 0.25) is 0 Å². The summed E-state index contributed by atoms with van der Waals surface area (Å²) in [6.07, 6.45) is -2.64. The first-order valence-electron chi connectivity index (χ1n) is 9.81. The van der Waals surface area contributed by atoms with Crippen molar-refractivity contribution in [3.63, 3.8) is 0 Å². The predicted molar refractivity (Wildman–Crippen MR) is 120 cm³/mol. The second-order valence-corrected chi connectivity index (χ2v) is 8.66. The smallest absolute Gasteiger partial charge is 0.417 e. The second kappa shape index (κ2) is 10.4. The van der Waals surface area contributed by atoms with Gasteiger partial charge in [0.1, 0.15) is 17.4 Å². The normalized spacial score (nSPS) is 13.3. The zero-order valence-corrected chi connectivity index (χ0v) is 18.7. The van der Waals surface area contributed by atoms with Crippen molar-refractivity contribution in [2.45, 2.75) is 19.0 Å². The van der Waals surface area contributed by atoms with Gasteiger partial charge >= 0.3 is 6.18 Å². The molecule has 1 amide bonds. The van der Waals surface area contributed by atoms with Gasteiger partial charge in [-0.3, -0.25) is 25.3 Å². The maximum Gasteiger partial charge on any atom is 0.417 e. The second-order valence-electron chi connectivity index (χ2n) is 7.26. The summed E-state index contributed by atoms with van der Waals surface area (Å²) in [6.45, 7) is -0.193. The molecular weight excluding hydrogens is 479 g/mol. The van der Waals surface area contributed by atoms with Crippen molar-refractivity contribution < 1.29 is 27.5 Å². The third-order valence-corrected chi connectivity index (χ3v) is 5.96. The summed E-state index contributed by atoms with van der Waals surface area (Å²) in [5.41, 5.74) is -1.43. The lowest BCUT2D eigenvalue weighted by Gasteiger charge is -2.24. The number of ether oxygens (including phenoxy) is 1. The number of hydrogen-bond donors (Lipinski definition) is 2. The maximum absolute atomic E-state index is 13.6. The van der Waals surface area contributed by atoms with E-state index in [1.165, 1.54) is 18.2 Å². The molecule has 174 valence electrons. The van der Waals surface area contributed by atoms with Gasteiger partial charge in [0.05, 0.1) is 16.1 Å². The molecule has 1 aliphatic rings. The highest BCUT2D eigenvalue weighted by Crippen LogP contribution is 2.37. The summed E-state index contributed by atoms with van der Waals surface area (Å²) in [4.78, 5) is 24.6. The number of carbonyl (C=O) groups is 2. The molecule has 0 aliphatic heterocycles. The van der Waals surface area contributed by atoms with Crippen molar-refractivity contribution in [2.75, 3.05) is 13.2 Å². The average molecular weight is 498 g/mol. The number of halogens is 4. The van der Waals surface area contributed by atoms with E-state index in [9.17, 15) is 22.8 Å². The molecule has 2 N–H and O–H groups in total. The average Bonchev–Trinajstić information content (AvgIpc) is 3.59. The van der Waals surface area contributed by atoms with E-state index in [1.54, 1.807) is 12.1 Å². The van der Waals surface area contributed by atoms with Crippen molar-refractivity contribution in [2.24, 2.45) is 5.92 Å². The molecule has 0 unspecified atom stereocenters. The van der Waals surface area contributed by atoms with Crippen LogP contribution < -0.4 is 4.74 Å². The first-order valence-corrected chi connectivity index (χ1v) is 11.0. The fourth-order valence-electron chi connectivity index (χ4n) is 2.98. The molecule has 3 rings (SSSR count). The Bertz CT molecular complexity index is 1090. The van der Waals surface area contributed by atoms with Crippen LogP contribution in [-0.2, 0) is 11.0 Å². The topological polar surface area (TPSA) is 94.3 Å². The zero-order valence-electron chi connectivity index (χ0n) is 17.1. The molecule has 2 aromatic carbocycles. The number of alkyl halides is 3. The minimum atomic E-state index is -4.80. The van der Waals surface area contributed by atoms with E-state index in [0.29, 0.717) is 24.1 Å². The number of amides is 1. The Morgan fingerprint density at radius 1 is 1.18 bits per heavy atom.